The van der Waals surface area contributed by atoms with Gasteiger partial charge in [0, 0.05) is 15.7 Å². The number of aromatic amines is 1. The highest BCUT2D eigenvalue weighted by Gasteiger charge is 2.14. The summed E-state index contributed by atoms with van der Waals surface area (Å²) >= 11 is 5.94. The van der Waals surface area contributed by atoms with Gasteiger partial charge in [0.05, 0.1) is 0 Å². The van der Waals surface area contributed by atoms with E-state index in [2.05, 4.69) is 31.8 Å². The van der Waals surface area contributed by atoms with Gasteiger partial charge in [0.2, 0.25) is 0 Å². The smallest absolute Gasteiger partial charge is 0.434 e. The molecule has 22 heavy (non-hydrogen) atoms. The molecule has 1 aromatic heterocycles. The number of hydrogen-bond acceptors (Lipinski definition) is 4. The average molecular weight is 455 g/mol. The lowest BCUT2D eigenvalue weighted by atomic mass is 10.2. The summed E-state index contributed by atoms with van der Waals surface area (Å²) in [7, 11) is 0. The lowest BCUT2D eigenvalue weighted by Gasteiger charge is -2.03. The van der Waals surface area contributed by atoms with Gasteiger partial charge in [-0.2, -0.15) is 5.43 Å². The zero-order valence-electron chi connectivity index (χ0n) is 11.6. The molecule has 2 aromatic rings. The Kier molecular flexibility index (Phi) is 9.10. The number of anilines is 1. The molecule has 7 nitrogen and oxygen atoms in total. The molecule has 0 bridgehead atoms. The number of carbonyl (C=O) groups excluding carboxylic acids is 1. The van der Waals surface area contributed by atoms with Gasteiger partial charge in [0.15, 0.2) is 6.04 Å². The molecule has 1 amide bonds. The van der Waals surface area contributed by atoms with Gasteiger partial charge in [-0.05, 0) is 19.1 Å². The number of hydrogen-bond donors (Lipinski definition) is 3. The van der Waals surface area contributed by atoms with Crippen molar-refractivity contribution in [2.75, 3.05) is 5.43 Å². The molecule has 0 spiro atoms. The van der Waals surface area contributed by atoms with Crippen LogP contribution in [0.5, 0.6) is 0 Å². The Balaban J connectivity index is 0.00000220. The minimum Gasteiger partial charge on any atom is -1.00 e. The van der Waals surface area contributed by atoms with Gasteiger partial charge in [-0.3, -0.25) is 4.79 Å². The molecule has 0 aliphatic carbocycles. The van der Waals surface area contributed by atoms with E-state index in [1.54, 1.807) is 25.3 Å². The Labute approximate surface area is 153 Å². The Hall–Kier alpha value is -1.29. The maximum Gasteiger partial charge on any atom is 0.434 e. The monoisotopic (exact) mass is 452 g/mol. The summed E-state index contributed by atoms with van der Waals surface area (Å²) in [4.78, 5) is 14.4. The first-order chi connectivity index (χ1) is 9.56. The summed E-state index contributed by atoms with van der Waals surface area (Å²) in [6.45, 7) is 1.69. The summed E-state index contributed by atoms with van der Waals surface area (Å²) in [6.07, 6.45) is 1.57. The van der Waals surface area contributed by atoms with E-state index >= 15 is 0 Å². The van der Waals surface area contributed by atoms with Crippen molar-refractivity contribution in [3.8, 4) is 11.3 Å². The normalized spacial score (nSPS) is 10.7. The first-order valence-corrected chi connectivity index (χ1v) is 6.34. The van der Waals surface area contributed by atoms with Gasteiger partial charge >= 0.3 is 11.9 Å². The lowest BCUT2D eigenvalue weighted by molar-refractivity contribution is -0.398. The maximum atomic E-state index is 11.4. The number of carbonyl (C=O) groups is 1. The molecule has 0 radical (unpaired) electrons. The summed E-state index contributed by atoms with van der Waals surface area (Å²) in [5.41, 5.74) is 10.3. The van der Waals surface area contributed by atoms with Crippen LogP contribution >= 0.6 is 11.6 Å². The first kappa shape index (κ1) is 20.7. The molecular weight excluding hydrogens is 439 g/mol. The third-order valence-corrected chi connectivity index (χ3v) is 2.72. The van der Waals surface area contributed by atoms with Gasteiger partial charge in [-0.15, -0.1) is 0 Å². The van der Waals surface area contributed by atoms with Gasteiger partial charge < -0.3 is 39.7 Å². The van der Waals surface area contributed by atoms with E-state index in [1.807, 2.05) is 12.1 Å². The van der Waals surface area contributed by atoms with Crippen LogP contribution in [0.25, 0.3) is 11.3 Å². The second kappa shape index (κ2) is 9.67. The molecule has 6 N–H and O–H groups in total. The third-order valence-electron chi connectivity index (χ3n) is 2.48. The number of benzene rings is 1. The number of rotatable bonds is 4. The molecule has 2 rings (SSSR count). The fourth-order valence-corrected chi connectivity index (χ4v) is 1.62. The van der Waals surface area contributed by atoms with Crippen LogP contribution < -0.4 is 55.5 Å². The van der Waals surface area contributed by atoms with Crippen LogP contribution in [-0.4, -0.2) is 22.1 Å². The predicted molar refractivity (Wildman–Crippen MR) is 73.1 cm³/mol. The molecule has 1 atom stereocenters. The molecule has 0 aliphatic rings. The largest absolute Gasteiger partial charge is 1.00 e. The molecular formula is C12H15Br2ClN6O. The van der Waals surface area contributed by atoms with E-state index in [0.717, 1.165) is 11.3 Å². The molecule has 1 unspecified atom stereocenters. The van der Waals surface area contributed by atoms with Crippen LogP contribution in [0.4, 0.5) is 5.95 Å². The number of nitrogens with one attached hydrogen (secondary N) is 3. The third kappa shape index (κ3) is 5.84. The summed E-state index contributed by atoms with van der Waals surface area (Å²) < 4.78 is 0. The quantitative estimate of drug-likeness (QED) is 0.400. The van der Waals surface area contributed by atoms with Crippen molar-refractivity contribution in [2.24, 2.45) is 0 Å². The Morgan fingerprint density at radius 3 is 2.77 bits per heavy atom. The van der Waals surface area contributed by atoms with Gasteiger partial charge in [0.25, 0.3) is 0 Å². The molecule has 10 heteroatoms. The molecule has 0 saturated carbocycles. The molecule has 0 saturated heterocycles. The van der Waals surface area contributed by atoms with Crippen LogP contribution in [0.2, 0.25) is 5.02 Å². The van der Waals surface area contributed by atoms with Crippen LogP contribution in [-0.2, 0) is 4.79 Å². The fraction of sp³-hybridized carbons (Fsp3) is 0.167. The molecule has 1 aromatic carbocycles. The number of amides is 1. The molecule has 1 heterocycles. The van der Waals surface area contributed by atoms with Crippen LogP contribution in [0, 0.1) is 0 Å². The summed E-state index contributed by atoms with van der Waals surface area (Å²) in [5, 5.41) is 8.32. The van der Waals surface area contributed by atoms with Gasteiger partial charge in [-0.25, -0.2) is 10.4 Å². The Bertz CT molecular complexity index is 628. The second-order valence-corrected chi connectivity index (χ2v) is 4.69. The standard InChI is InChI=1S/C12H13ClN6O.2BrH/c1-7(14)11(20)17-19-12-16-10(6-15-18-12)8-3-2-4-9(13)5-8;;/h2-7H,14H2,1H3,(H,17,20)(H,16,18,19);2*1H. The van der Waals surface area contributed by atoms with Crippen molar-refractivity contribution in [3.63, 3.8) is 0 Å². The van der Waals surface area contributed by atoms with E-state index in [0.29, 0.717) is 11.0 Å². The minimum atomic E-state index is -0.369. The number of halogens is 3. The van der Waals surface area contributed by atoms with Crippen LogP contribution in [0.1, 0.15) is 6.92 Å². The highest BCUT2D eigenvalue weighted by molar-refractivity contribution is 6.30. The van der Waals surface area contributed by atoms with Crippen molar-refractivity contribution < 1.29 is 49.5 Å². The maximum absolute atomic E-state index is 11.4. The molecule has 120 valence electrons. The van der Waals surface area contributed by atoms with E-state index in [9.17, 15) is 4.79 Å². The molecule has 0 fully saturated rings. The zero-order valence-corrected chi connectivity index (χ0v) is 15.5. The van der Waals surface area contributed by atoms with E-state index < -0.39 is 0 Å². The van der Waals surface area contributed by atoms with Crippen molar-refractivity contribution in [1.82, 2.24) is 15.6 Å². The number of nitrogens with zero attached hydrogens (tertiary/aromatic N) is 2. The van der Waals surface area contributed by atoms with Gasteiger partial charge in [-0.1, -0.05) is 28.8 Å². The summed E-state index contributed by atoms with van der Waals surface area (Å²) in [5.74, 6) is 0.0739. The van der Waals surface area contributed by atoms with E-state index in [-0.39, 0.29) is 45.9 Å². The van der Waals surface area contributed by atoms with Crippen LogP contribution in [0.15, 0.2) is 30.5 Å². The topological polar surface area (TPSA) is 109 Å². The van der Waals surface area contributed by atoms with E-state index in [1.165, 1.54) is 0 Å². The number of aromatic nitrogens is 3. The fourth-order valence-electron chi connectivity index (χ4n) is 1.43. The van der Waals surface area contributed by atoms with Crippen molar-refractivity contribution in [3.05, 3.63) is 35.5 Å². The molecule has 0 aliphatic heterocycles. The van der Waals surface area contributed by atoms with Crippen molar-refractivity contribution in [1.29, 1.82) is 0 Å². The number of hydrazine groups is 1. The Morgan fingerprint density at radius 1 is 1.41 bits per heavy atom. The predicted octanol–water partition coefficient (Wildman–Crippen LogP) is -6.31. The zero-order chi connectivity index (χ0) is 14.5. The van der Waals surface area contributed by atoms with Crippen LogP contribution in [0.3, 0.4) is 0 Å². The first-order valence-electron chi connectivity index (χ1n) is 5.96. The van der Waals surface area contributed by atoms with Crippen molar-refractivity contribution >= 4 is 23.5 Å². The minimum absolute atomic E-state index is 0. The SMILES string of the molecule is CC([NH3+])C(=O)NNc1nncc(-c2cccc(Cl)c2)[nH+]1.[Br-].[Br-]. The highest BCUT2D eigenvalue weighted by Crippen LogP contribution is 2.18. The average Bonchev–Trinajstić information content (AvgIpc) is 2.45. The highest BCUT2D eigenvalue weighted by atomic mass is 79.9. The summed E-state index contributed by atoms with van der Waals surface area (Å²) in [6, 6.07) is 6.95. The lowest BCUT2D eigenvalue weighted by Crippen LogP contribution is -3.00. The Morgan fingerprint density at radius 2 is 2.14 bits per heavy atom. The van der Waals surface area contributed by atoms with E-state index in [4.69, 9.17) is 11.6 Å². The number of quaternary nitrogens is 1. The van der Waals surface area contributed by atoms with Crippen molar-refractivity contribution in [2.45, 2.75) is 13.0 Å². The van der Waals surface area contributed by atoms with Gasteiger partial charge in [0.1, 0.15) is 11.9 Å². The number of H-pyrrole nitrogens is 1. The second-order valence-electron chi connectivity index (χ2n) is 4.26.